The van der Waals surface area contributed by atoms with E-state index in [9.17, 15) is 45.3 Å². The monoisotopic (exact) mass is 882 g/mol. The molecule has 9 N–H and O–H groups in total. The summed E-state index contributed by atoms with van der Waals surface area (Å²) >= 11 is 0. The molecule has 8 atom stereocenters. The molecule has 16 heteroatoms. The molecule has 16 nitrogen and oxygen atoms in total. The van der Waals surface area contributed by atoms with Gasteiger partial charge in [0.25, 0.3) is 0 Å². The third kappa shape index (κ3) is 7.79. The lowest BCUT2D eigenvalue weighted by Gasteiger charge is -2.44. The van der Waals surface area contributed by atoms with E-state index in [0.717, 1.165) is 48.3 Å². The number of aliphatic hydroxyl groups is 5. The van der Waals surface area contributed by atoms with E-state index in [2.05, 4.69) is 10.3 Å². The average molecular weight is 883 g/mol. The van der Waals surface area contributed by atoms with Crippen LogP contribution in [0.15, 0.2) is 80.2 Å². The molecule has 5 aliphatic rings. The molecule has 1 amide bonds. The van der Waals surface area contributed by atoms with Crippen molar-refractivity contribution in [1.82, 2.24) is 5.32 Å². The summed E-state index contributed by atoms with van der Waals surface area (Å²) in [5.74, 6) is 0.852. The van der Waals surface area contributed by atoms with Crippen molar-refractivity contribution in [2.45, 2.75) is 107 Å². The van der Waals surface area contributed by atoms with Gasteiger partial charge in [-0.05, 0) is 92.8 Å². The van der Waals surface area contributed by atoms with Crippen molar-refractivity contribution in [3.05, 3.63) is 93.1 Å². The number of aromatic hydroxyl groups is 2. The lowest BCUT2D eigenvalue weighted by Crippen LogP contribution is -3.01. The van der Waals surface area contributed by atoms with Gasteiger partial charge < -0.3 is 50.2 Å². The zero-order valence-electron chi connectivity index (χ0n) is 35.9. The van der Waals surface area contributed by atoms with E-state index < -0.39 is 60.7 Å². The van der Waals surface area contributed by atoms with Gasteiger partial charge in [-0.1, -0.05) is 25.3 Å². The summed E-state index contributed by atoms with van der Waals surface area (Å²) in [7, 11) is 0. The van der Waals surface area contributed by atoms with Gasteiger partial charge in [0, 0.05) is 48.2 Å². The topological polar surface area (TPSA) is 245 Å². The molecular formula is C48H56N3O13+. The summed E-state index contributed by atoms with van der Waals surface area (Å²) < 4.78 is 13.5. The van der Waals surface area contributed by atoms with Gasteiger partial charge in [0.15, 0.2) is 11.2 Å². The van der Waals surface area contributed by atoms with E-state index in [1.165, 1.54) is 36.4 Å². The van der Waals surface area contributed by atoms with Crippen LogP contribution in [0, 0.1) is 18.3 Å². The van der Waals surface area contributed by atoms with Crippen LogP contribution in [-0.2, 0) is 27.4 Å². The number of aliphatic hydroxyl groups excluding tert-OH is 4. The first-order chi connectivity index (χ1) is 30.6. The van der Waals surface area contributed by atoms with Crippen molar-refractivity contribution in [3.63, 3.8) is 0 Å². The number of ether oxygens (including phenoxy) is 1. The van der Waals surface area contributed by atoms with Crippen LogP contribution < -0.4 is 20.4 Å². The highest BCUT2D eigenvalue weighted by molar-refractivity contribution is 5.92. The second-order valence-electron chi connectivity index (χ2n) is 18.6. The van der Waals surface area contributed by atoms with Crippen LogP contribution in [0.4, 0.5) is 5.69 Å². The van der Waals surface area contributed by atoms with Crippen molar-refractivity contribution in [1.29, 1.82) is 0 Å². The quantitative estimate of drug-likeness (QED) is 0.0654. The first-order valence-corrected chi connectivity index (χ1v) is 22.1. The Morgan fingerprint density at radius 1 is 1.03 bits per heavy atom. The summed E-state index contributed by atoms with van der Waals surface area (Å²) in [4.78, 5) is 44.7. The number of hydrogen-bond donors (Lipinski definition) is 9. The molecule has 1 spiro atoms. The summed E-state index contributed by atoms with van der Waals surface area (Å²) in [6, 6.07) is 10.3. The summed E-state index contributed by atoms with van der Waals surface area (Å²) in [5, 5.41) is 79.9. The van der Waals surface area contributed by atoms with Gasteiger partial charge in [-0.2, -0.15) is 0 Å². The number of phenolic OH excluding ortho intramolecular Hbond substituents is 2. The fraction of sp³-hybridized carbons (Fsp3) is 0.479. The Bertz CT molecular complexity index is 2630. The molecular weight excluding hydrogens is 827 g/mol. The minimum atomic E-state index is -2.40. The molecule has 2 fully saturated rings. The lowest BCUT2D eigenvalue weighted by atomic mass is 9.65. The Labute approximate surface area is 368 Å². The molecule has 1 unspecified atom stereocenters. The van der Waals surface area contributed by atoms with E-state index in [0.29, 0.717) is 76.0 Å². The summed E-state index contributed by atoms with van der Waals surface area (Å²) in [6.07, 6.45) is 4.17. The molecule has 340 valence electrons. The van der Waals surface area contributed by atoms with Crippen molar-refractivity contribution in [2.24, 2.45) is 16.3 Å². The number of carbonyl (C=O) groups excluding carboxylic acids is 1. The van der Waals surface area contributed by atoms with Crippen molar-refractivity contribution in [3.8, 4) is 17.2 Å². The number of benzene rings is 3. The third-order valence-electron chi connectivity index (χ3n) is 14.4. The number of aliphatic imine (C=N–C) groups is 1. The minimum absolute atomic E-state index is 0.0257. The van der Waals surface area contributed by atoms with Gasteiger partial charge in [-0.25, -0.2) is 9.78 Å². The molecule has 4 aliphatic heterocycles. The molecule has 0 bridgehead atoms. The van der Waals surface area contributed by atoms with Crippen LogP contribution in [0.3, 0.4) is 0 Å². The second kappa shape index (κ2) is 17.0. The molecule has 5 heterocycles. The molecule has 4 aromatic rings. The molecule has 1 aromatic heterocycles. The fourth-order valence-corrected chi connectivity index (χ4v) is 10.7. The SMILES string of the molecule is Cc1cc(=O)c2cc3c(c([NH+]4C=C5N=CC=C5C4)c2o1)O[C@](C)(CC[C@@H]1CNC(=O)C12CCCCC2)[C@H](OOC[C@@](O)(Cc1ccc(O)c2ccc(O)cc12)[C@@H](O)[C@H](O)[C@H](O)CO)C3. The fourth-order valence-electron chi connectivity index (χ4n) is 10.7. The third-order valence-corrected chi connectivity index (χ3v) is 14.4. The first kappa shape index (κ1) is 44.1. The number of amides is 1. The molecule has 0 radical (unpaired) electrons. The van der Waals surface area contributed by atoms with Crippen LogP contribution in [-0.4, -0.2) is 110 Å². The largest absolute Gasteiger partial charge is 0.508 e. The maximum absolute atomic E-state index is 13.6. The first-order valence-electron chi connectivity index (χ1n) is 22.1. The van der Waals surface area contributed by atoms with E-state index in [4.69, 9.17) is 18.9 Å². The number of fused-ring (bicyclic) bond motifs is 4. The lowest BCUT2D eigenvalue weighted by molar-refractivity contribution is -0.763. The predicted molar refractivity (Wildman–Crippen MR) is 233 cm³/mol. The van der Waals surface area contributed by atoms with Gasteiger partial charge in [-0.15, -0.1) is 0 Å². The van der Waals surface area contributed by atoms with Crippen LogP contribution in [0.1, 0.15) is 68.8 Å². The van der Waals surface area contributed by atoms with E-state index in [1.807, 2.05) is 19.2 Å². The zero-order valence-corrected chi connectivity index (χ0v) is 35.9. The van der Waals surface area contributed by atoms with Gasteiger partial charge in [0.2, 0.25) is 17.2 Å². The number of nitrogens with one attached hydrogen (secondary N) is 2. The number of hydrogen-bond acceptors (Lipinski definition) is 14. The van der Waals surface area contributed by atoms with Crippen LogP contribution in [0.25, 0.3) is 21.7 Å². The van der Waals surface area contributed by atoms with Gasteiger partial charge in [0.05, 0.1) is 17.4 Å². The highest BCUT2D eigenvalue weighted by Crippen LogP contribution is 2.50. The Balaban J connectivity index is 1.08. The highest BCUT2D eigenvalue weighted by atomic mass is 17.2. The number of carbonyl (C=O) groups is 1. The van der Waals surface area contributed by atoms with Crippen molar-refractivity contribution < 1.29 is 64.4 Å². The number of rotatable bonds is 14. The normalized spacial score (nSPS) is 25.9. The Morgan fingerprint density at radius 3 is 2.59 bits per heavy atom. The average Bonchev–Trinajstić information content (AvgIpc) is 3.97. The number of phenols is 2. The number of allylic oxidation sites excluding steroid dienone is 1. The zero-order chi connectivity index (χ0) is 45.1. The van der Waals surface area contributed by atoms with E-state index >= 15 is 0 Å². The van der Waals surface area contributed by atoms with E-state index in [-0.39, 0.29) is 35.2 Å². The smallest absolute Gasteiger partial charge is 0.226 e. The molecule has 9 rings (SSSR count). The van der Waals surface area contributed by atoms with Gasteiger partial charge in [0.1, 0.15) is 77.9 Å². The molecule has 1 aliphatic carbocycles. The molecule has 1 saturated carbocycles. The standard InChI is InChI=1S/C48H55N3O13/c1-26-16-37(55)34-17-29-18-39(64-61-25-48(60,44(58)41(57)38(56)24-52)20-27-6-9-36(54)32-8-7-31(53)19-33(27)32)46(2,14-10-30-21-50-45(59)47(30)12-4-3-5-13-47)63-42(29)40(43(34)62-26)51-22-28-11-15-49-35(28)23-51/h6-9,11,15-17,19,23,30,38-39,41,44,52-54,56-58,60H,3-5,10,12-14,18,20-22,24-25H2,1-2H3,(H,50,59)/p+1/t30-,38-,39-,41-,44+,46-,48+/m1/s1. The number of nitrogens with zero attached hydrogens (tertiary/aromatic N) is 1. The van der Waals surface area contributed by atoms with E-state index in [1.54, 1.807) is 19.2 Å². The van der Waals surface area contributed by atoms with Gasteiger partial charge >= 0.3 is 0 Å². The van der Waals surface area contributed by atoms with Crippen LogP contribution in [0.2, 0.25) is 0 Å². The van der Waals surface area contributed by atoms with Crippen LogP contribution in [0.5, 0.6) is 17.2 Å². The maximum atomic E-state index is 13.6. The van der Waals surface area contributed by atoms with Gasteiger partial charge in [-0.3, -0.25) is 19.5 Å². The van der Waals surface area contributed by atoms with Crippen molar-refractivity contribution >= 4 is 39.6 Å². The summed E-state index contributed by atoms with van der Waals surface area (Å²) in [5.41, 5.74) is -0.408. The summed E-state index contributed by atoms with van der Waals surface area (Å²) in [6.45, 7) is 3.00. The maximum Gasteiger partial charge on any atom is 0.226 e. The van der Waals surface area contributed by atoms with Crippen molar-refractivity contribution in [2.75, 3.05) is 26.3 Å². The molecule has 1 saturated heterocycles. The number of aryl methyl sites for hydroxylation is 1. The Kier molecular flexibility index (Phi) is 11.7. The minimum Gasteiger partial charge on any atom is -0.508 e. The van der Waals surface area contributed by atoms with Crippen LogP contribution >= 0.6 is 0 Å². The predicted octanol–water partition coefficient (Wildman–Crippen LogP) is 2.58. The molecule has 64 heavy (non-hydrogen) atoms. The second-order valence-corrected chi connectivity index (χ2v) is 18.6. The Hall–Kier alpha value is -5.17. The Morgan fingerprint density at radius 2 is 1.83 bits per heavy atom. The highest BCUT2D eigenvalue weighted by Gasteiger charge is 2.53. The molecule has 3 aromatic carbocycles. The number of quaternary nitrogens is 1.